The first-order valence-corrected chi connectivity index (χ1v) is 6.84. The van der Waals surface area contributed by atoms with Crippen molar-refractivity contribution < 1.29 is 27.9 Å². The molecule has 0 bridgehead atoms. The Morgan fingerprint density at radius 2 is 1.65 bits per heavy atom. The highest BCUT2D eigenvalue weighted by Crippen LogP contribution is 2.09. The first-order valence-electron chi connectivity index (χ1n) is 5.36. The first kappa shape index (κ1) is 15.6. The summed E-state index contributed by atoms with van der Waals surface area (Å²) in [6.45, 7) is 0.977. The maximum atomic E-state index is 11.8. The third-order valence-corrected chi connectivity index (χ3v) is 3.51. The molecule has 0 aliphatic rings. The average molecular weight is 300 g/mol. The van der Waals surface area contributed by atoms with Crippen molar-refractivity contribution in [2.24, 2.45) is 0 Å². The lowest BCUT2D eigenvalue weighted by molar-refractivity contribution is -0.141. The van der Waals surface area contributed by atoms with Crippen molar-refractivity contribution in [3.05, 3.63) is 29.8 Å². The van der Waals surface area contributed by atoms with E-state index in [0.29, 0.717) is 0 Å². The number of rotatable bonds is 4. The van der Waals surface area contributed by atoms with E-state index in [-0.39, 0.29) is 4.90 Å². The predicted octanol–water partition coefficient (Wildman–Crippen LogP) is -0.999. The number of aliphatic carboxylic acids is 1. The molecule has 8 nitrogen and oxygen atoms in total. The van der Waals surface area contributed by atoms with Gasteiger partial charge in [0.25, 0.3) is 10.0 Å². The Balaban J connectivity index is 2.76. The number of aryl methyl sites for hydroxylation is 1. The number of amides is 2. The van der Waals surface area contributed by atoms with Crippen molar-refractivity contribution in [2.45, 2.75) is 11.8 Å². The van der Waals surface area contributed by atoms with Gasteiger partial charge in [0.2, 0.25) is 0 Å². The van der Waals surface area contributed by atoms with Gasteiger partial charge in [-0.05, 0) is 19.1 Å². The second-order valence-electron chi connectivity index (χ2n) is 3.82. The molecule has 0 aromatic heterocycles. The molecule has 0 fully saturated rings. The third-order valence-electron chi connectivity index (χ3n) is 2.16. The fourth-order valence-electron chi connectivity index (χ4n) is 1.18. The highest BCUT2D eigenvalue weighted by Gasteiger charge is 2.22. The van der Waals surface area contributed by atoms with Crippen molar-refractivity contribution in [1.82, 2.24) is 10.0 Å². The molecule has 108 valence electrons. The summed E-state index contributed by atoms with van der Waals surface area (Å²) in [6, 6.07) is 5.62. The van der Waals surface area contributed by atoms with E-state index in [1.165, 1.54) is 24.3 Å². The lowest BCUT2D eigenvalue weighted by atomic mass is 10.2. The van der Waals surface area contributed by atoms with E-state index in [1.54, 1.807) is 17.0 Å². The van der Waals surface area contributed by atoms with Gasteiger partial charge in [0.15, 0.2) is 0 Å². The quantitative estimate of drug-likeness (QED) is 0.612. The minimum Gasteiger partial charge on any atom is -0.480 e. The normalized spacial score (nSPS) is 10.7. The van der Waals surface area contributed by atoms with Crippen molar-refractivity contribution >= 4 is 27.8 Å². The number of carboxylic acid groups (broad SMARTS) is 1. The number of benzene rings is 1. The Morgan fingerprint density at radius 1 is 1.10 bits per heavy atom. The fourth-order valence-corrected chi connectivity index (χ4v) is 2.13. The maximum absolute atomic E-state index is 11.8. The van der Waals surface area contributed by atoms with Crippen LogP contribution in [0, 0.1) is 6.92 Å². The molecule has 9 heteroatoms. The lowest BCUT2D eigenvalue weighted by Gasteiger charge is -2.06. The van der Waals surface area contributed by atoms with Gasteiger partial charge in [-0.25, -0.2) is 13.1 Å². The van der Waals surface area contributed by atoms with Crippen LogP contribution in [0.4, 0.5) is 0 Å². The largest absolute Gasteiger partial charge is 0.480 e. The minimum absolute atomic E-state index is 0.178. The lowest BCUT2D eigenvalue weighted by Crippen LogP contribution is -2.44. The van der Waals surface area contributed by atoms with Crippen LogP contribution < -0.4 is 10.0 Å². The molecule has 0 aliphatic heterocycles. The summed E-state index contributed by atoms with van der Waals surface area (Å²) in [7, 11) is -4.17. The Bertz CT molecular complexity index is 635. The van der Waals surface area contributed by atoms with Crippen molar-refractivity contribution in [3.63, 3.8) is 0 Å². The molecule has 20 heavy (non-hydrogen) atoms. The van der Waals surface area contributed by atoms with Gasteiger partial charge in [0, 0.05) is 0 Å². The maximum Gasteiger partial charge on any atom is 0.323 e. The second-order valence-corrected chi connectivity index (χ2v) is 5.51. The van der Waals surface area contributed by atoms with Gasteiger partial charge in [0.1, 0.15) is 6.54 Å². The molecule has 2 amide bonds. The molecular weight excluding hydrogens is 288 g/mol. The molecule has 0 saturated heterocycles. The summed E-state index contributed by atoms with van der Waals surface area (Å²) in [6.07, 6.45) is 0. The van der Waals surface area contributed by atoms with Crippen LogP contribution in [0.15, 0.2) is 29.2 Å². The van der Waals surface area contributed by atoms with Crippen molar-refractivity contribution in [3.8, 4) is 0 Å². The molecule has 1 aromatic rings. The summed E-state index contributed by atoms with van der Waals surface area (Å²) in [5.74, 6) is -4.15. The van der Waals surface area contributed by atoms with Crippen molar-refractivity contribution in [2.75, 3.05) is 6.54 Å². The van der Waals surface area contributed by atoms with E-state index < -0.39 is 34.4 Å². The zero-order chi connectivity index (χ0) is 15.3. The van der Waals surface area contributed by atoms with Crippen LogP contribution in [-0.4, -0.2) is 37.9 Å². The highest BCUT2D eigenvalue weighted by atomic mass is 32.2. The van der Waals surface area contributed by atoms with Crippen LogP contribution in [0.3, 0.4) is 0 Å². The summed E-state index contributed by atoms with van der Waals surface area (Å²) in [5.41, 5.74) is 0.828. The van der Waals surface area contributed by atoms with Crippen LogP contribution >= 0.6 is 0 Å². The zero-order valence-electron chi connectivity index (χ0n) is 10.4. The van der Waals surface area contributed by atoms with Crippen LogP contribution in [0.5, 0.6) is 0 Å². The van der Waals surface area contributed by atoms with E-state index in [2.05, 4.69) is 0 Å². The van der Waals surface area contributed by atoms with Gasteiger partial charge in [-0.1, -0.05) is 17.7 Å². The van der Waals surface area contributed by atoms with E-state index in [1.807, 2.05) is 0 Å². The Morgan fingerprint density at radius 3 is 2.15 bits per heavy atom. The van der Waals surface area contributed by atoms with Gasteiger partial charge in [-0.2, -0.15) is 0 Å². The Hall–Kier alpha value is -2.42. The topological polar surface area (TPSA) is 130 Å². The number of carbonyl (C=O) groups is 3. The third kappa shape index (κ3) is 4.35. The molecule has 0 unspecified atom stereocenters. The molecule has 3 N–H and O–H groups in total. The van der Waals surface area contributed by atoms with Gasteiger partial charge >= 0.3 is 17.8 Å². The molecule has 0 heterocycles. The SMILES string of the molecule is Cc1ccc(S(=O)(=O)NC(=O)C(=O)NCC(=O)O)cc1. The fraction of sp³-hybridized carbons (Fsp3) is 0.182. The molecular formula is C11H12N2O6S. The summed E-state index contributed by atoms with van der Waals surface area (Å²) in [4.78, 5) is 32.5. The van der Waals surface area contributed by atoms with Crippen LogP contribution in [-0.2, 0) is 24.4 Å². The van der Waals surface area contributed by atoms with E-state index in [9.17, 15) is 22.8 Å². The second kappa shape index (κ2) is 6.15. The van der Waals surface area contributed by atoms with Gasteiger partial charge < -0.3 is 10.4 Å². The van der Waals surface area contributed by atoms with E-state index in [4.69, 9.17) is 5.11 Å². The summed E-state index contributed by atoms with van der Waals surface area (Å²) in [5, 5.41) is 10.1. The predicted molar refractivity (Wildman–Crippen MR) is 67.2 cm³/mol. The molecule has 0 spiro atoms. The first-order chi connectivity index (χ1) is 9.22. The van der Waals surface area contributed by atoms with Gasteiger partial charge in [0.05, 0.1) is 4.90 Å². The molecule has 0 saturated carbocycles. The van der Waals surface area contributed by atoms with E-state index >= 15 is 0 Å². The Kier molecular flexibility index (Phi) is 4.81. The molecule has 0 atom stereocenters. The molecule has 0 radical (unpaired) electrons. The van der Waals surface area contributed by atoms with Crippen LogP contribution in [0.2, 0.25) is 0 Å². The standard InChI is InChI=1S/C11H12N2O6S/c1-7-2-4-8(5-3-7)20(18,19)13-11(17)10(16)12-6-9(14)15/h2-5H,6H2,1H3,(H,12,16)(H,13,17)(H,14,15). The van der Waals surface area contributed by atoms with E-state index in [0.717, 1.165) is 5.56 Å². The minimum atomic E-state index is -4.17. The molecule has 0 aliphatic carbocycles. The summed E-state index contributed by atoms with van der Waals surface area (Å²) < 4.78 is 25.1. The monoisotopic (exact) mass is 300 g/mol. The molecule has 1 aromatic carbocycles. The van der Waals surface area contributed by atoms with Crippen LogP contribution in [0.25, 0.3) is 0 Å². The zero-order valence-corrected chi connectivity index (χ0v) is 11.2. The number of carbonyl (C=O) groups excluding carboxylic acids is 2. The number of nitrogens with one attached hydrogen (secondary N) is 2. The van der Waals surface area contributed by atoms with Crippen LogP contribution in [0.1, 0.15) is 5.56 Å². The van der Waals surface area contributed by atoms with Gasteiger partial charge in [-0.15, -0.1) is 0 Å². The highest BCUT2D eigenvalue weighted by molar-refractivity contribution is 7.90. The number of hydrogen-bond acceptors (Lipinski definition) is 5. The average Bonchev–Trinajstić information content (AvgIpc) is 2.35. The number of hydrogen-bond donors (Lipinski definition) is 3. The van der Waals surface area contributed by atoms with Crippen molar-refractivity contribution in [1.29, 1.82) is 0 Å². The Labute approximate surface area is 114 Å². The molecule has 1 rings (SSSR count). The number of carboxylic acids is 1. The van der Waals surface area contributed by atoms with Gasteiger partial charge in [-0.3, -0.25) is 14.4 Å². The number of sulfonamides is 1. The smallest absolute Gasteiger partial charge is 0.323 e. The summed E-state index contributed by atoms with van der Waals surface area (Å²) >= 11 is 0.